The van der Waals surface area contributed by atoms with Gasteiger partial charge in [-0.2, -0.15) is 0 Å². The average molecular weight is 322 g/mol. The maximum Gasteiger partial charge on any atom is 0.412 e. The second-order valence-electron chi connectivity index (χ2n) is 6.62. The zero-order valence-corrected chi connectivity index (χ0v) is 14.2. The third kappa shape index (κ3) is 5.47. The summed E-state index contributed by atoms with van der Waals surface area (Å²) in [5, 5.41) is 0. The fraction of sp³-hybridized carbons (Fsp3) is 0.800. The van der Waals surface area contributed by atoms with Crippen molar-refractivity contribution >= 4 is 17.7 Å². The summed E-state index contributed by atoms with van der Waals surface area (Å²) in [6.45, 7) is 9.54. The Labute approximate surface area is 131 Å². The molecule has 1 atom stereocenters. The summed E-state index contributed by atoms with van der Waals surface area (Å²) in [6.07, 6.45) is 2.15. The van der Waals surface area contributed by atoms with Crippen LogP contribution in [0.4, 0.5) is 9.18 Å². The molecule has 0 bridgehead atoms. The van der Waals surface area contributed by atoms with Crippen LogP contribution in [-0.2, 0) is 9.47 Å². The number of halogens is 2. The van der Waals surface area contributed by atoms with Crippen molar-refractivity contribution in [2.75, 3.05) is 12.5 Å². The van der Waals surface area contributed by atoms with E-state index < -0.39 is 17.4 Å². The predicted molar refractivity (Wildman–Crippen MR) is 81.0 cm³/mol. The molecule has 0 unspecified atom stereocenters. The molecule has 1 rings (SSSR count). The fourth-order valence-electron chi connectivity index (χ4n) is 2.26. The molecule has 1 heterocycles. The fourth-order valence-corrected chi connectivity index (χ4v) is 2.37. The number of nitrogens with zero attached hydrogens (tertiary/aromatic N) is 1. The Bertz CT molecular complexity index is 404. The van der Waals surface area contributed by atoms with Crippen molar-refractivity contribution in [2.24, 2.45) is 0 Å². The van der Waals surface area contributed by atoms with Gasteiger partial charge in [-0.1, -0.05) is 6.08 Å². The topological polar surface area (TPSA) is 38.8 Å². The number of carbonyl (C=O) groups is 1. The van der Waals surface area contributed by atoms with Crippen molar-refractivity contribution in [3.05, 3.63) is 11.9 Å². The minimum Gasteiger partial charge on any atom is -0.444 e. The highest BCUT2D eigenvalue weighted by molar-refractivity contribution is 6.19. The zero-order chi connectivity index (χ0) is 16.3. The lowest BCUT2D eigenvalue weighted by atomic mass is 10.1. The minimum atomic E-state index is -0.720. The second-order valence-corrected chi connectivity index (χ2v) is 6.89. The van der Waals surface area contributed by atoms with E-state index in [0.29, 0.717) is 19.4 Å². The molecule has 0 radical (unpaired) electrons. The van der Waals surface area contributed by atoms with Crippen LogP contribution in [0.25, 0.3) is 0 Å². The Morgan fingerprint density at radius 1 is 1.52 bits per heavy atom. The monoisotopic (exact) mass is 321 g/mol. The van der Waals surface area contributed by atoms with Crippen LogP contribution in [0.1, 0.15) is 47.5 Å². The van der Waals surface area contributed by atoms with Crippen molar-refractivity contribution in [3.63, 3.8) is 0 Å². The first kappa shape index (κ1) is 18.2. The van der Waals surface area contributed by atoms with Gasteiger partial charge in [0, 0.05) is 0 Å². The third-order valence-corrected chi connectivity index (χ3v) is 3.41. The maximum atomic E-state index is 13.0. The highest BCUT2D eigenvalue weighted by Crippen LogP contribution is 2.31. The van der Waals surface area contributed by atoms with E-state index in [-0.39, 0.29) is 17.7 Å². The van der Waals surface area contributed by atoms with Crippen LogP contribution >= 0.6 is 11.6 Å². The molecule has 0 aliphatic carbocycles. The van der Waals surface area contributed by atoms with E-state index in [1.807, 2.05) is 34.6 Å². The molecule has 0 N–H and O–H groups in total. The van der Waals surface area contributed by atoms with Gasteiger partial charge >= 0.3 is 6.09 Å². The predicted octanol–water partition coefficient (Wildman–Crippen LogP) is 4.23. The Morgan fingerprint density at radius 3 is 2.67 bits per heavy atom. The Balaban J connectivity index is 2.73. The molecule has 1 aliphatic rings. The smallest absolute Gasteiger partial charge is 0.412 e. The number of alkyl halides is 1. The summed E-state index contributed by atoms with van der Waals surface area (Å²) >= 11 is 5.39. The summed E-state index contributed by atoms with van der Waals surface area (Å²) in [5.41, 5.74) is -1.29. The molecule has 4 nitrogen and oxygen atoms in total. The summed E-state index contributed by atoms with van der Waals surface area (Å²) in [6, 6.07) is -0.130. The van der Waals surface area contributed by atoms with E-state index in [0.717, 1.165) is 0 Å². The lowest BCUT2D eigenvalue weighted by Gasteiger charge is -2.35. The summed E-state index contributed by atoms with van der Waals surface area (Å²) < 4.78 is 24.1. The van der Waals surface area contributed by atoms with Gasteiger partial charge in [0.15, 0.2) is 0 Å². The largest absolute Gasteiger partial charge is 0.444 e. The molecule has 0 aromatic carbocycles. The van der Waals surface area contributed by atoms with Crippen LogP contribution in [-0.4, -0.2) is 40.8 Å². The molecule has 1 saturated heterocycles. The van der Waals surface area contributed by atoms with E-state index >= 15 is 0 Å². The first-order valence-electron chi connectivity index (χ1n) is 7.13. The Hall–Kier alpha value is -0.810. The van der Waals surface area contributed by atoms with Gasteiger partial charge in [-0.25, -0.2) is 9.18 Å². The highest BCUT2D eigenvalue weighted by Gasteiger charge is 2.45. The van der Waals surface area contributed by atoms with Crippen LogP contribution in [0, 0.1) is 0 Å². The Kier molecular flexibility index (Phi) is 6.05. The summed E-state index contributed by atoms with van der Waals surface area (Å²) in [7, 11) is 0. The number of hydrogen-bond donors (Lipinski definition) is 0. The molecule has 0 spiro atoms. The molecule has 0 aromatic heterocycles. The van der Waals surface area contributed by atoms with Crippen LogP contribution in [0.5, 0.6) is 0 Å². The van der Waals surface area contributed by atoms with E-state index in [4.69, 9.17) is 21.1 Å². The van der Waals surface area contributed by atoms with Gasteiger partial charge in [-0.15, -0.1) is 11.6 Å². The molecule has 0 saturated carbocycles. The van der Waals surface area contributed by atoms with Gasteiger partial charge in [0.1, 0.15) is 17.2 Å². The number of rotatable bonds is 4. The highest BCUT2D eigenvalue weighted by atomic mass is 35.5. The van der Waals surface area contributed by atoms with Gasteiger partial charge in [0.2, 0.25) is 0 Å². The molecule has 21 heavy (non-hydrogen) atoms. The van der Waals surface area contributed by atoms with Crippen LogP contribution in [0.2, 0.25) is 0 Å². The maximum absolute atomic E-state index is 13.0. The van der Waals surface area contributed by atoms with Crippen molar-refractivity contribution < 1.29 is 18.7 Å². The molecule has 1 aliphatic heterocycles. The van der Waals surface area contributed by atoms with Crippen molar-refractivity contribution in [2.45, 2.75) is 64.8 Å². The first-order valence-corrected chi connectivity index (χ1v) is 7.67. The molecule has 6 heteroatoms. The Morgan fingerprint density at radius 2 is 2.14 bits per heavy atom. The molecule has 1 amide bonds. The number of amides is 1. The summed E-state index contributed by atoms with van der Waals surface area (Å²) in [4.78, 5) is 14.0. The minimum absolute atomic E-state index is 0.123. The van der Waals surface area contributed by atoms with E-state index in [9.17, 15) is 9.18 Å². The third-order valence-electron chi connectivity index (χ3n) is 3.16. The lowest BCUT2D eigenvalue weighted by molar-refractivity contribution is -0.0626. The van der Waals surface area contributed by atoms with Crippen LogP contribution in [0.15, 0.2) is 11.9 Å². The van der Waals surface area contributed by atoms with E-state index in [2.05, 4.69) is 0 Å². The van der Waals surface area contributed by atoms with E-state index in [1.165, 1.54) is 6.08 Å². The van der Waals surface area contributed by atoms with Gasteiger partial charge in [0.25, 0.3) is 0 Å². The first-order chi connectivity index (χ1) is 9.57. The number of ether oxygens (including phenoxy) is 2. The normalized spacial score (nSPS) is 22.5. The van der Waals surface area contributed by atoms with Crippen molar-refractivity contribution in [3.8, 4) is 0 Å². The number of carbonyl (C=O) groups excluding carboxylic acids is 1. The average Bonchev–Trinajstić information content (AvgIpc) is 2.62. The standard InChI is InChI=1S/C15H25ClFNO3/c1-14(2,3)21-13(19)18-12(10-20-15(18,4)5)8-6-7-11(17)9-16/h7,12H,6,8-10H2,1-5H3/b11-7-/t12-/m0/s1. The molecular formula is C15H25ClFNO3. The lowest BCUT2D eigenvalue weighted by Crippen LogP contribution is -2.49. The quantitative estimate of drug-likeness (QED) is 0.727. The van der Waals surface area contributed by atoms with Gasteiger partial charge < -0.3 is 9.47 Å². The van der Waals surface area contributed by atoms with Crippen LogP contribution < -0.4 is 0 Å². The van der Waals surface area contributed by atoms with Crippen molar-refractivity contribution in [1.82, 2.24) is 4.90 Å². The molecular weight excluding hydrogens is 297 g/mol. The second kappa shape index (κ2) is 6.97. The molecule has 122 valence electrons. The van der Waals surface area contributed by atoms with Gasteiger partial charge in [0.05, 0.1) is 18.5 Å². The summed E-state index contributed by atoms with van der Waals surface area (Å²) in [5.74, 6) is -0.471. The van der Waals surface area contributed by atoms with Crippen molar-refractivity contribution in [1.29, 1.82) is 0 Å². The van der Waals surface area contributed by atoms with Crippen LogP contribution in [0.3, 0.4) is 0 Å². The van der Waals surface area contributed by atoms with Gasteiger partial charge in [-0.05, 0) is 47.5 Å². The zero-order valence-electron chi connectivity index (χ0n) is 13.4. The number of hydrogen-bond acceptors (Lipinski definition) is 3. The number of allylic oxidation sites excluding steroid dienone is 2. The van der Waals surface area contributed by atoms with Gasteiger partial charge in [-0.3, -0.25) is 4.90 Å². The molecule has 0 aromatic rings. The SMILES string of the molecule is CC(C)(C)OC(=O)N1[C@@H](CC/C=C(\F)CCl)COC1(C)C. The van der Waals surface area contributed by atoms with E-state index in [1.54, 1.807) is 4.90 Å². The molecule has 1 fully saturated rings.